The molecule has 0 aliphatic rings. The summed E-state index contributed by atoms with van der Waals surface area (Å²) in [5, 5.41) is 4.04. The fourth-order valence-electron chi connectivity index (χ4n) is 2.67. The second-order valence-corrected chi connectivity index (χ2v) is 7.13. The van der Waals surface area contributed by atoms with Gasteiger partial charge in [0.1, 0.15) is 23.9 Å². The number of benzene rings is 3. The first-order valence-corrected chi connectivity index (χ1v) is 9.91. The second kappa shape index (κ2) is 10.5. The quantitative estimate of drug-likeness (QED) is 0.380. The lowest BCUT2D eigenvalue weighted by molar-refractivity contribution is 0.0950. The van der Waals surface area contributed by atoms with E-state index in [9.17, 15) is 4.79 Å². The zero-order valence-corrected chi connectivity index (χ0v) is 18.2. The number of carbonyl (C=O) groups is 1. The van der Waals surface area contributed by atoms with Gasteiger partial charge in [0.15, 0.2) is 0 Å². The molecule has 0 atom stereocenters. The number of carbonyl (C=O) groups excluding carboxylic acids is 1. The van der Waals surface area contributed by atoms with Gasteiger partial charge in [0.05, 0.1) is 26.0 Å². The van der Waals surface area contributed by atoms with E-state index >= 15 is 0 Å². The molecule has 30 heavy (non-hydrogen) atoms. The molecule has 0 saturated carbocycles. The molecular formula is C23H21BrN2O4. The lowest BCUT2D eigenvalue weighted by Gasteiger charge is -2.11. The third kappa shape index (κ3) is 5.61. The van der Waals surface area contributed by atoms with Crippen molar-refractivity contribution in [2.45, 2.75) is 6.61 Å². The van der Waals surface area contributed by atoms with Crippen LogP contribution in [-0.2, 0) is 6.61 Å². The number of methoxy groups -OCH3 is 2. The molecule has 0 saturated heterocycles. The normalized spacial score (nSPS) is 10.6. The zero-order valence-electron chi connectivity index (χ0n) is 16.6. The van der Waals surface area contributed by atoms with Gasteiger partial charge in [-0.3, -0.25) is 4.79 Å². The number of hydrazone groups is 1. The number of hydrogen-bond donors (Lipinski definition) is 1. The summed E-state index contributed by atoms with van der Waals surface area (Å²) in [6.45, 7) is 0.351. The molecule has 0 aliphatic carbocycles. The van der Waals surface area contributed by atoms with Crippen LogP contribution in [0.3, 0.4) is 0 Å². The smallest absolute Gasteiger partial charge is 0.275 e. The van der Waals surface area contributed by atoms with E-state index < -0.39 is 0 Å². The van der Waals surface area contributed by atoms with Crippen molar-refractivity contribution >= 4 is 28.1 Å². The van der Waals surface area contributed by atoms with Crippen molar-refractivity contribution in [3.63, 3.8) is 0 Å². The Morgan fingerprint density at radius 1 is 1.00 bits per heavy atom. The number of amides is 1. The topological polar surface area (TPSA) is 69.2 Å². The Kier molecular flexibility index (Phi) is 7.45. The highest BCUT2D eigenvalue weighted by atomic mass is 79.9. The maximum Gasteiger partial charge on any atom is 0.275 e. The van der Waals surface area contributed by atoms with Crippen molar-refractivity contribution in [2.24, 2.45) is 5.10 Å². The minimum Gasteiger partial charge on any atom is -0.497 e. The molecule has 0 aliphatic heterocycles. The van der Waals surface area contributed by atoms with E-state index in [1.54, 1.807) is 50.6 Å². The van der Waals surface area contributed by atoms with Crippen molar-refractivity contribution in [3.05, 3.63) is 87.9 Å². The highest BCUT2D eigenvalue weighted by Crippen LogP contribution is 2.23. The van der Waals surface area contributed by atoms with Gasteiger partial charge in [0, 0.05) is 16.1 Å². The number of ether oxygens (including phenoxy) is 3. The fourth-order valence-corrected chi connectivity index (χ4v) is 2.93. The molecule has 0 radical (unpaired) electrons. The van der Waals surface area contributed by atoms with Crippen LogP contribution in [0, 0.1) is 0 Å². The molecule has 154 valence electrons. The number of hydrogen-bond acceptors (Lipinski definition) is 5. The summed E-state index contributed by atoms with van der Waals surface area (Å²) >= 11 is 3.41. The van der Waals surface area contributed by atoms with E-state index in [2.05, 4.69) is 26.5 Å². The minimum absolute atomic E-state index is 0.351. The lowest BCUT2D eigenvalue weighted by Crippen LogP contribution is -2.18. The van der Waals surface area contributed by atoms with Gasteiger partial charge in [-0.05, 0) is 42.0 Å². The van der Waals surface area contributed by atoms with Crippen molar-refractivity contribution < 1.29 is 19.0 Å². The minimum atomic E-state index is -0.370. The van der Waals surface area contributed by atoms with Gasteiger partial charge in [-0.25, -0.2) is 5.43 Å². The number of rotatable bonds is 8. The predicted molar refractivity (Wildman–Crippen MR) is 120 cm³/mol. The van der Waals surface area contributed by atoms with E-state index in [1.807, 2.05) is 30.3 Å². The van der Waals surface area contributed by atoms with E-state index in [0.29, 0.717) is 35.0 Å². The van der Waals surface area contributed by atoms with Crippen molar-refractivity contribution in [1.82, 2.24) is 5.43 Å². The molecular weight excluding hydrogens is 448 g/mol. The maximum atomic E-state index is 12.6. The third-order valence-corrected chi connectivity index (χ3v) is 4.78. The van der Waals surface area contributed by atoms with E-state index in [0.717, 1.165) is 10.0 Å². The first-order chi connectivity index (χ1) is 14.6. The Hall–Kier alpha value is -3.32. The van der Waals surface area contributed by atoms with Crippen LogP contribution in [-0.4, -0.2) is 26.3 Å². The van der Waals surface area contributed by atoms with Crippen LogP contribution >= 0.6 is 15.9 Å². The summed E-state index contributed by atoms with van der Waals surface area (Å²) in [6, 6.07) is 20.2. The standard InChI is InChI=1S/C23H21BrN2O4/c1-28-19-12-9-17(22(13-19)29-2)14-25-26-23(27)20-5-3-4-6-21(20)30-15-16-7-10-18(24)11-8-16/h3-14H,15H2,1-2H3,(H,26,27)/b25-14+. The summed E-state index contributed by atoms with van der Waals surface area (Å²) in [6.07, 6.45) is 1.52. The van der Waals surface area contributed by atoms with Crippen LogP contribution in [0.5, 0.6) is 17.2 Å². The molecule has 1 amide bonds. The average Bonchev–Trinajstić information content (AvgIpc) is 2.79. The molecule has 0 bridgehead atoms. The van der Waals surface area contributed by atoms with Gasteiger partial charge in [0.2, 0.25) is 0 Å². The molecule has 0 heterocycles. The Morgan fingerprint density at radius 2 is 1.77 bits per heavy atom. The summed E-state index contributed by atoms with van der Waals surface area (Å²) in [4.78, 5) is 12.6. The van der Waals surface area contributed by atoms with Crippen LogP contribution in [0.2, 0.25) is 0 Å². The number of para-hydroxylation sites is 1. The predicted octanol–water partition coefficient (Wildman–Crippen LogP) is 4.81. The molecule has 3 aromatic rings. The van der Waals surface area contributed by atoms with E-state index in [4.69, 9.17) is 14.2 Å². The van der Waals surface area contributed by atoms with Crippen LogP contribution < -0.4 is 19.6 Å². The Bertz CT molecular complexity index is 1040. The molecule has 0 fully saturated rings. The summed E-state index contributed by atoms with van der Waals surface area (Å²) < 4.78 is 17.3. The monoisotopic (exact) mass is 468 g/mol. The fraction of sp³-hybridized carbons (Fsp3) is 0.130. The van der Waals surface area contributed by atoms with Crippen molar-refractivity contribution in [3.8, 4) is 17.2 Å². The average molecular weight is 469 g/mol. The van der Waals surface area contributed by atoms with Gasteiger partial charge in [-0.1, -0.05) is 40.2 Å². The second-order valence-electron chi connectivity index (χ2n) is 6.22. The third-order valence-electron chi connectivity index (χ3n) is 4.25. The molecule has 6 nitrogen and oxygen atoms in total. The van der Waals surface area contributed by atoms with Crippen molar-refractivity contribution in [2.75, 3.05) is 14.2 Å². The molecule has 0 spiro atoms. The number of nitrogens with one attached hydrogen (secondary N) is 1. The molecule has 1 N–H and O–H groups in total. The summed E-state index contributed by atoms with van der Waals surface area (Å²) in [7, 11) is 3.14. The van der Waals surface area contributed by atoms with Crippen LogP contribution in [0.1, 0.15) is 21.5 Å². The zero-order chi connectivity index (χ0) is 21.3. The first-order valence-electron chi connectivity index (χ1n) is 9.12. The summed E-state index contributed by atoms with van der Waals surface area (Å²) in [5.74, 6) is 1.37. The highest BCUT2D eigenvalue weighted by Gasteiger charge is 2.12. The summed E-state index contributed by atoms with van der Waals surface area (Å²) in [5.41, 5.74) is 4.63. The van der Waals surface area contributed by atoms with Gasteiger partial charge in [-0.15, -0.1) is 0 Å². The van der Waals surface area contributed by atoms with E-state index in [1.165, 1.54) is 6.21 Å². The number of halogens is 1. The van der Waals surface area contributed by atoms with E-state index in [-0.39, 0.29) is 5.91 Å². The molecule has 3 aromatic carbocycles. The van der Waals surface area contributed by atoms with Gasteiger partial charge in [-0.2, -0.15) is 5.10 Å². The van der Waals surface area contributed by atoms with Gasteiger partial charge >= 0.3 is 0 Å². The first kappa shape index (κ1) is 21.4. The van der Waals surface area contributed by atoms with Crippen LogP contribution in [0.4, 0.5) is 0 Å². The highest BCUT2D eigenvalue weighted by molar-refractivity contribution is 9.10. The Morgan fingerprint density at radius 3 is 2.50 bits per heavy atom. The largest absolute Gasteiger partial charge is 0.497 e. The lowest BCUT2D eigenvalue weighted by atomic mass is 10.2. The molecule has 3 rings (SSSR count). The van der Waals surface area contributed by atoms with Gasteiger partial charge in [0.25, 0.3) is 5.91 Å². The van der Waals surface area contributed by atoms with Crippen LogP contribution in [0.25, 0.3) is 0 Å². The Balaban J connectivity index is 1.67. The molecule has 0 aromatic heterocycles. The Labute approximate surface area is 183 Å². The number of nitrogens with zero attached hydrogens (tertiary/aromatic N) is 1. The SMILES string of the molecule is COc1ccc(/C=N/NC(=O)c2ccccc2OCc2ccc(Br)cc2)c(OC)c1. The van der Waals surface area contributed by atoms with Crippen molar-refractivity contribution in [1.29, 1.82) is 0 Å². The molecule has 7 heteroatoms. The van der Waals surface area contributed by atoms with Gasteiger partial charge < -0.3 is 14.2 Å². The molecule has 0 unspecified atom stereocenters. The maximum absolute atomic E-state index is 12.6. The van der Waals surface area contributed by atoms with Crippen LogP contribution in [0.15, 0.2) is 76.3 Å².